The van der Waals surface area contributed by atoms with E-state index in [-0.39, 0.29) is 24.9 Å². The Balaban J connectivity index is 1.48. The van der Waals surface area contributed by atoms with Gasteiger partial charge in [-0.05, 0) is 29.8 Å². The van der Waals surface area contributed by atoms with Crippen LogP contribution in [-0.2, 0) is 11.3 Å². The van der Waals surface area contributed by atoms with Crippen LogP contribution in [0.3, 0.4) is 0 Å². The zero-order chi connectivity index (χ0) is 16.2. The Hall–Kier alpha value is -2.67. The lowest BCUT2D eigenvalue weighted by Crippen LogP contribution is -2.27. The van der Waals surface area contributed by atoms with E-state index in [2.05, 4.69) is 10.6 Å². The van der Waals surface area contributed by atoms with Crippen LogP contribution in [0, 0.1) is 11.6 Å². The number of halogens is 2. The number of rotatable bonds is 5. The van der Waals surface area contributed by atoms with Gasteiger partial charge in [0.15, 0.2) is 23.1 Å². The molecule has 2 aromatic rings. The molecular formula is C16H14F2N2O3. The second-order valence-corrected chi connectivity index (χ2v) is 4.97. The highest BCUT2D eigenvalue weighted by atomic mass is 19.2. The molecule has 0 fully saturated rings. The molecule has 1 amide bonds. The van der Waals surface area contributed by atoms with Gasteiger partial charge in [0.25, 0.3) is 0 Å². The van der Waals surface area contributed by atoms with E-state index in [1.807, 2.05) is 12.1 Å². The van der Waals surface area contributed by atoms with Crippen molar-refractivity contribution < 1.29 is 23.0 Å². The Labute approximate surface area is 131 Å². The molecule has 1 aliphatic heterocycles. The van der Waals surface area contributed by atoms with E-state index in [4.69, 9.17) is 9.47 Å². The van der Waals surface area contributed by atoms with E-state index in [0.29, 0.717) is 18.0 Å². The zero-order valence-electron chi connectivity index (χ0n) is 12.1. The molecule has 2 N–H and O–H groups in total. The van der Waals surface area contributed by atoms with Crippen LogP contribution < -0.4 is 20.1 Å². The van der Waals surface area contributed by atoms with Gasteiger partial charge in [-0.15, -0.1) is 0 Å². The fourth-order valence-corrected chi connectivity index (χ4v) is 2.15. The van der Waals surface area contributed by atoms with Crippen molar-refractivity contribution in [2.24, 2.45) is 0 Å². The summed E-state index contributed by atoms with van der Waals surface area (Å²) in [7, 11) is 0. The number of carbonyl (C=O) groups excluding carboxylic acids is 1. The summed E-state index contributed by atoms with van der Waals surface area (Å²) in [6.45, 7) is 0.706. The van der Waals surface area contributed by atoms with Gasteiger partial charge in [-0.2, -0.15) is 0 Å². The van der Waals surface area contributed by atoms with E-state index < -0.39 is 11.6 Å². The second kappa shape index (κ2) is 6.62. The zero-order valence-corrected chi connectivity index (χ0v) is 12.1. The molecule has 0 saturated carbocycles. The third-order valence-electron chi connectivity index (χ3n) is 3.26. The third kappa shape index (κ3) is 3.75. The van der Waals surface area contributed by atoms with Crippen LogP contribution in [0.1, 0.15) is 5.56 Å². The lowest BCUT2D eigenvalue weighted by molar-refractivity contribution is -0.115. The maximum atomic E-state index is 13.0. The van der Waals surface area contributed by atoms with Crippen molar-refractivity contribution in [3.8, 4) is 11.5 Å². The Morgan fingerprint density at radius 3 is 2.70 bits per heavy atom. The van der Waals surface area contributed by atoms with Crippen LogP contribution in [-0.4, -0.2) is 19.2 Å². The summed E-state index contributed by atoms with van der Waals surface area (Å²) in [4.78, 5) is 11.8. The highest BCUT2D eigenvalue weighted by molar-refractivity contribution is 5.92. The van der Waals surface area contributed by atoms with Gasteiger partial charge in [-0.3, -0.25) is 4.79 Å². The number of carbonyl (C=O) groups is 1. The van der Waals surface area contributed by atoms with Gasteiger partial charge in [0, 0.05) is 18.3 Å². The maximum absolute atomic E-state index is 13.0. The van der Waals surface area contributed by atoms with Crippen molar-refractivity contribution in [1.82, 2.24) is 5.32 Å². The molecular weight excluding hydrogens is 306 g/mol. The number of benzene rings is 2. The van der Waals surface area contributed by atoms with Crippen LogP contribution in [0.4, 0.5) is 14.5 Å². The number of ether oxygens (including phenoxy) is 2. The monoisotopic (exact) mass is 320 g/mol. The van der Waals surface area contributed by atoms with Gasteiger partial charge in [-0.1, -0.05) is 6.07 Å². The first kappa shape index (κ1) is 15.2. The topological polar surface area (TPSA) is 59.6 Å². The van der Waals surface area contributed by atoms with Crippen molar-refractivity contribution in [2.75, 3.05) is 18.7 Å². The number of amides is 1. The predicted molar refractivity (Wildman–Crippen MR) is 79.3 cm³/mol. The van der Waals surface area contributed by atoms with E-state index in [9.17, 15) is 13.6 Å². The number of hydrogen-bond donors (Lipinski definition) is 2. The second-order valence-electron chi connectivity index (χ2n) is 4.97. The van der Waals surface area contributed by atoms with Crippen LogP contribution in [0.5, 0.6) is 11.5 Å². The molecule has 1 heterocycles. The molecule has 0 bridgehead atoms. The van der Waals surface area contributed by atoms with Crippen LogP contribution >= 0.6 is 0 Å². The van der Waals surface area contributed by atoms with E-state index in [1.165, 1.54) is 6.07 Å². The normalized spacial score (nSPS) is 12.3. The molecule has 0 unspecified atom stereocenters. The van der Waals surface area contributed by atoms with Gasteiger partial charge < -0.3 is 20.1 Å². The average Bonchev–Trinajstić information content (AvgIpc) is 2.98. The standard InChI is InChI=1S/C16H14F2N2O3/c17-12-3-2-11(6-13(12)18)20-16(21)8-19-7-10-1-4-14-15(5-10)23-9-22-14/h1-6,19H,7-9H2,(H,20,21). The highest BCUT2D eigenvalue weighted by Gasteiger charge is 2.13. The minimum atomic E-state index is -1.00. The summed E-state index contributed by atoms with van der Waals surface area (Å²) in [6.07, 6.45) is 0. The van der Waals surface area contributed by atoms with Crippen molar-refractivity contribution in [3.63, 3.8) is 0 Å². The molecule has 2 aromatic carbocycles. The first-order valence-corrected chi connectivity index (χ1v) is 6.96. The Kier molecular flexibility index (Phi) is 4.38. The van der Waals surface area contributed by atoms with Crippen LogP contribution in [0.25, 0.3) is 0 Å². The number of hydrogen-bond acceptors (Lipinski definition) is 4. The minimum absolute atomic E-state index is 0.0352. The summed E-state index contributed by atoms with van der Waals surface area (Å²) in [5.41, 5.74) is 1.15. The maximum Gasteiger partial charge on any atom is 0.238 e. The molecule has 0 radical (unpaired) electrons. The first-order valence-electron chi connectivity index (χ1n) is 6.96. The summed E-state index contributed by atoms with van der Waals surface area (Å²) in [5.74, 6) is -0.933. The van der Waals surface area contributed by atoms with Gasteiger partial charge in [0.1, 0.15) is 0 Å². The molecule has 0 aliphatic carbocycles. The molecule has 0 saturated heterocycles. The minimum Gasteiger partial charge on any atom is -0.454 e. The summed E-state index contributed by atoms with van der Waals surface area (Å²) >= 11 is 0. The predicted octanol–water partition coefficient (Wildman–Crippen LogP) is 2.42. The molecule has 23 heavy (non-hydrogen) atoms. The van der Waals surface area contributed by atoms with Crippen molar-refractivity contribution >= 4 is 11.6 Å². The number of fused-ring (bicyclic) bond motifs is 1. The summed E-state index contributed by atoms with van der Waals surface area (Å²) in [5, 5.41) is 5.45. The fourth-order valence-electron chi connectivity index (χ4n) is 2.15. The van der Waals surface area contributed by atoms with E-state index >= 15 is 0 Å². The van der Waals surface area contributed by atoms with Crippen LogP contribution in [0.15, 0.2) is 36.4 Å². The van der Waals surface area contributed by atoms with Gasteiger partial charge in [-0.25, -0.2) is 8.78 Å². The molecule has 0 atom stereocenters. The quantitative estimate of drug-likeness (QED) is 0.888. The average molecular weight is 320 g/mol. The smallest absolute Gasteiger partial charge is 0.238 e. The molecule has 120 valence electrons. The lowest BCUT2D eigenvalue weighted by atomic mass is 10.2. The molecule has 1 aliphatic rings. The summed E-state index contributed by atoms with van der Waals surface area (Å²) < 4.78 is 36.3. The lowest BCUT2D eigenvalue weighted by Gasteiger charge is -2.08. The molecule has 0 spiro atoms. The fraction of sp³-hybridized carbons (Fsp3) is 0.188. The SMILES string of the molecule is O=C(CNCc1ccc2c(c1)OCO2)Nc1ccc(F)c(F)c1. The van der Waals surface area contributed by atoms with Crippen molar-refractivity contribution in [2.45, 2.75) is 6.54 Å². The Morgan fingerprint density at radius 1 is 1.04 bits per heavy atom. The van der Waals surface area contributed by atoms with Gasteiger partial charge in [0.2, 0.25) is 12.7 Å². The summed E-state index contributed by atoms with van der Waals surface area (Å²) in [6, 6.07) is 8.71. The third-order valence-corrected chi connectivity index (χ3v) is 3.26. The molecule has 7 heteroatoms. The van der Waals surface area contributed by atoms with Crippen LogP contribution in [0.2, 0.25) is 0 Å². The Bertz CT molecular complexity index is 737. The van der Waals surface area contributed by atoms with Gasteiger partial charge >= 0.3 is 0 Å². The molecule has 3 rings (SSSR count). The Morgan fingerprint density at radius 2 is 1.87 bits per heavy atom. The van der Waals surface area contributed by atoms with Crippen molar-refractivity contribution in [1.29, 1.82) is 0 Å². The number of anilines is 1. The van der Waals surface area contributed by atoms with Gasteiger partial charge in [0.05, 0.1) is 6.54 Å². The van der Waals surface area contributed by atoms with E-state index in [1.54, 1.807) is 6.07 Å². The highest BCUT2D eigenvalue weighted by Crippen LogP contribution is 2.32. The molecule has 0 aromatic heterocycles. The first-order chi connectivity index (χ1) is 11.1. The van der Waals surface area contributed by atoms with Crippen molar-refractivity contribution in [3.05, 3.63) is 53.6 Å². The van der Waals surface area contributed by atoms with E-state index in [0.717, 1.165) is 17.7 Å². The largest absolute Gasteiger partial charge is 0.454 e. The molecule has 5 nitrogen and oxygen atoms in total. The number of nitrogens with one attached hydrogen (secondary N) is 2.